The average molecular weight is 363 g/mol. The SMILES string of the molecule is CCCCCCCCCCCCCCOS(=O)(=O)CCS.[H-].[Na+]. The Morgan fingerprint density at radius 2 is 1.23 bits per heavy atom. The Hall–Kier alpha value is 1.26. The number of unbranched alkanes of at least 4 members (excludes halogenated alkanes) is 11. The maximum atomic E-state index is 11.3. The molecule has 0 aromatic rings. The third-order valence-electron chi connectivity index (χ3n) is 3.60. The zero-order valence-corrected chi connectivity index (χ0v) is 18.4. The van der Waals surface area contributed by atoms with Gasteiger partial charge in [-0.15, -0.1) is 0 Å². The average Bonchev–Trinajstić information content (AvgIpc) is 2.44. The van der Waals surface area contributed by atoms with Gasteiger partial charge in [0.15, 0.2) is 0 Å². The van der Waals surface area contributed by atoms with Crippen molar-refractivity contribution in [3.05, 3.63) is 0 Å². The van der Waals surface area contributed by atoms with Gasteiger partial charge in [-0.3, -0.25) is 4.18 Å². The van der Waals surface area contributed by atoms with Crippen LogP contribution in [0.25, 0.3) is 0 Å². The van der Waals surface area contributed by atoms with Crippen molar-refractivity contribution in [1.29, 1.82) is 0 Å². The first-order valence-corrected chi connectivity index (χ1v) is 10.8. The van der Waals surface area contributed by atoms with E-state index in [4.69, 9.17) is 4.18 Å². The van der Waals surface area contributed by atoms with Gasteiger partial charge in [-0.05, 0) is 6.42 Å². The molecule has 0 aromatic carbocycles. The maximum Gasteiger partial charge on any atom is 1.00 e. The topological polar surface area (TPSA) is 43.4 Å². The Morgan fingerprint density at radius 1 is 0.818 bits per heavy atom. The van der Waals surface area contributed by atoms with Crippen molar-refractivity contribution in [3.8, 4) is 0 Å². The quantitative estimate of drug-likeness (QED) is 0.198. The van der Waals surface area contributed by atoms with Crippen LogP contribution in [0.4, 0.5) is 0 Å². The molecule has 0 aliphatic heterocycles. The fourth-order valence-corrected chi connectivity index (χ4v) is 3.68. The molecule has 0 aliphatic rings. The van der Waals surface area contributed by atoms with Crippen molar-refractivity contribution in [3.63, 3.8) is 0 Å². The van der Waals surface area contributed by atoms with Gasteiger partial charge in [0.1, 0.15) is 0 Å². The van der Waals surface area contributed by atoms with E-state index in [2.05, 4.69) is 19.6 Å². The van der Waals surface area contributed by atoms with Gasteiger partial charge >= 0.3 is 29.6 Å². The fourth-order valence-electron chi connectivity index (χ4n) is 2.30. The first kappa shape index (κ1) is 25.5. The molecule has 0 rings (SSSR count). The van der Waals surface area contributed by atoms with Crippen molar-refractivity contribution in [2.45, 2.75) is 84.0 Å². The van der Waals surface area contributed by atoms with E-state index in [1.165, 1.54) is 64.2 Å². The molecule has 0 radical (unpaired) electrons. The van der Waals surface area contributed by atoms with E-state index >= 15 is 0 Å². The molecule has 0 N–H and O–H groups in total. The van der Waals surface area contributed by atoms with Gasteiger partial charge in [0, 0.05) is 5.75 Å². The smallest absolute Gasteiger partial charge is 1.00 e. The summed E-state index contributed by atoms with van der Waals surface area (Å²) in [6.07, 6.45) is 15.3. The predicted octanol–water partition coefficient (Wildman–Crippen LogP) is 2.08. The minimum atomic E-state index is -3.32. The second-order valence-electron chi connectivity index (χ2n) is 5.70. The molecule has 0 aromatic heterocycles. The molecule has 3 nitrogen and oxygen atoms in total. The number of thiol groups is 1. The molecule has 0 amide bonds. The van der Waals surface area contributed by atoms with Crippen LogP contribution < -0.4 is 29.6 Å². The molecule has 0 aliphatic carbocycles. The molecular formula is C16H35NaO3S2. The van der Waals surface area contributed by atoms with E-state index in [-0.39, 0.29) is 36.7 Å². The monoisotopic (exact) mass is 362 g/mol. The van der Waals surface area contributed by atoms with Crippen LogP contribution in [0.5, 0.6) is 0 Å². The van der Waals surface area contributed by atoms with Crippen LogP contribution in [0.2, 0.25) is 0 Å². The van der Waals surface area contributed by atoms with Crippen molar-refractivity contribution in [2.75, 3.05) is 18.1 Å². The molecule has 0 unspecified atom stereocenters. The number of hydrogen-bond acceptors (Lipinski definition) is 4. The zero-order valence-electron chi connectivity index (χ0n) is 15.7. The zero-order chi connectivity index (χ0) is 15.8. The van der Waals surface area contributed by atoms with Gasteiger partial charge in [0.25, 0.3) is 10.1 Å². The maximum absolute atomic E-state index is 11.3. The summed E-state index contributed by atoms with van der Waals surface area (Å²) < 4.78 is 27.4. The fraction of sp³-hybridized carbons (Fsp3) is 1.00. The minimum Gasteiger partial charge on any atom is -1.00 e. The minimum absolute atomic E-state index is 0. The molecule has 22 heavy (non-hydrogen) atoms. The normalized spacial score (nSPS) is 11.4. The molecule has 0 bridgehead atoms. The van der Waals surface area contributed by atoms with Gasteiger partial charge in [-0.25, -0.2) is 0 Å². The van der Waals surface area contributed by atoms with Crippen molar-refractivity contribution in [2.24, 2.45) is 0 Å². The van der Waals surface area contributed by atoms with Crippen molar-refractivity contribution >= 4 is 22.7 Å². The molecule has 0 fully saturated rings. The summed E-state index contributed by atoms with van der Waals surface area (Å²) in [7, 11) is -3.32. The summed E-state index contributed by atoms with van der Waals surface area (Å²) in [5.41, 5.74) is 0. The van der Waals surface area contributed by atoms with E-state index in [0.29, 0.717) is 12.4 Å². The van der Waals surface area contributed by atoms with Crippen LogP contribution in [0.3, 0.4) is 0 Å². The number of rotatable bonds is 16. The van der Waals surface area contributed by atoms with E-state index in [0.717, 1.165) is 12.8 Å². The Labute approximate surface area is 167 Å². The number of hydrogen-bond donors (Lipinski definition) is 1. The van der Waals surface area contributed by atoms with Gasteiger partial charge in [-0.2, -0.15) is 21.0 Å². The molecule has 130 valence electrons. The second kappa shape index (κ2) is 18.6. The molecule has 0 saturated heterocycles. The summed E-state index contributed by atoms with van der Waals surface area (Å²) in [5, 5.41) is 0. The summed E-state index contributed by atoms with van der Waals surface area (Å²) in [4.78, 5) is 0. The first-order valence-electron chi connectivity index (χ1n) is 8.60. The molecular weight excluding hydrogens is 327 g/mol. The van der Waals surface area contributed by atoms with Crippen LogP contribution in [-0.2, 0) is 14.3 Å². The van der Waals surface area contributed by atoms with Crippen LogP contribution >= 0.6 is 12.6 Å². The summed E-state index contributed by atoms with van der Waals surface area (Å²) in [5.74, 6) is 0.329. The Bertz CT molecular complexity index is 314. The van der Waals surface area contributed by atoms with Crippen LogP contribution in [0.1, 0.15) is 85.4 Å². The van der Waals surface area contributed by atoms with Crippen LogP contribution in [-0.4, -0.2) is 26.5 Å². The third kappa shape index (κ3) is 19.3. The van der Waals surface area contributed by atoms with Gasteiger partial charge < -0.3 is 1.43 Å². The molecule has 0 atom stereocenters. The Kier molecular flexibility index (Phi) is 21.6. The van der Waals surface area contributed by atoms with E-state index in [9.17, 15) is 8.42 Å². The van der Waals surface area contributed by atoms with E-state index < -0.39 is 10.1 Å². The standard InChI is InChI=1S/C16H34O3S2.Na.H/c1-2-3-4-5-6-7-8-9-10-11-12-13-14-19-21(17,18)16-15-20;;/h20H,2-16H2,1H3;;/q;+1;-1. The summed E-state index contributed by atoms with van der Waals surface area (Å²) >= 11 is 3.90. The Morgan fingerprint density at radius 3 is 1.64 bits per heavy atom. The Balaban J connectivity index is -0.00000200. The second-order valence-corrected chi connectivity index (χ2v) is 7.90. The summed E-state index contributed by atoms with van der Waals surface area (Å²) in [6, 6.07) is 0. The molecule has 6 heteroatoms. The van der Waals surface area contributed by atoms with E-state index in [1.54, 1.807) is 0 Å². The van der Waals surface area contributed by atoms with E-state index in [1.807, 2.05) is 0 Å². The van der Waals surface area contributed by atoms with Crippen molar-refractivity contribution < 1.29 is 43.6 Å². The van der Waals surface area contributed by atoms with Gasteiger partial charge in [0.05, 0.1) is 12.4 Å². The van der Waals surface area contributed by atoms with Crippen LogP contribution in [0.15, 0.2) is 0 Å². The third-order valence-corrected chi connectivity index (χ3v) is 5.36. The predicted molar refractivity (Wildman–Crippen MR) is 95.8 cm³/mol. The van der Waals surface area contributed by atoms with Crippen LogP contribution in [0, 0.1) is 0 Å². The van der Waals surface area contributed by atoms with Crippen molar-refractivity contribution in [1.82, 2.24) is 0 Å². The van der Waals surface area contributed by atoms with Gasteiger partial charge in [0.2, 0.25) is 0 Å². The first-order chi connectivity index (χ1) is 10.1. The molecule has 0 saturated carbocycles. The molecule has 0 spiro atoms. The largest absolute Gasteiger partial charge is 1.00 e. The molecule has 0 heterocycles. The van der Waals surface area contributed by atoms with Gasteiger partial charge in [-0.1, -0.05) is 77.6 Å². The summed E-state index contributed by atoms with van der Waals surface area (Å²) in [6.45, 7) is 2.58.